The quantitative estimate of drug-likeness (QED) is 0.681. The Morgan fingerprint density at radius 2 is 2.13 bits per heavy atom. The van der Waals surface area contributed by atoms with Gasteiger partial charge in [-0.15, -0.1) is 6.58 Å². The molecule has 0 radical (unpaired) electrons. The van der Waals surface area contributed by atoms with Crippen LogP contribution < -0.4 is 0 Å². The molecule has 1 unspecified atom stereocenters. The van der Waals surface area contributed by atoms with Crippen LogP contribution in [-0.2, 0) is 11.0 Å². The Bertz CT molecular complexity index is 244. The predicted octanol–water partition coefficient (Wildman–Crippen LogP) is 2.88. The van der Waals surface area contributed by atoms with Gasteiger partial charge < -0.3 is 0 Å². The van der Waals surface area contributed by atoms with Crippen LogP contribution >= 0.6 is 0 Å². The molecular weight excluding hydrogens is 206 g/mol. The molecule has 2 nitrogen and oxygen atoms in total. The normalized spacial score (nSPS) is 26.2. The first-order valence-corrected chi connectivity index (χ1v) is 6.87. The van der Waals surface area contributed by atoms with Gasteiger partial charge in [0.25, 0.3) is 0 Å². The van der Waals surface area contributed by atoms with Crippen LogP contribution in [0.1, 0.15) is 46.5 Å². The minimum absolute atomic E-state index is 0.142. The van der Waals surface area contributed by atoms with E-state index in [-0.39, 0.29) is 4.75 Å². The minimum atomic E-state index is -0.870. The third-order valence-corrected chi connectivity index (χ3v) is 4.70. The number of rotatable bonds is 3. The molecule has 0 spiro atoms. The summed E-state index contributed by atoms with van der Waals surface area (Å²) in [4.78, 5) is 0. The summed E-state index contributed by atoms with van der Waals surface area (Å²) in [6, 6.07) is 0.441. The van der Waals surface area contributed by atoms with Crippen molar-refractivity contribution in [2.24, 2.45) is 0 Å². The van der Waals surface area contributed by atoms with Gasteiger partial charge in [-0.05, 0) is 40.0 Å². The Hall–Kier alpha value is -0.150. The van der Waals surface area contributed by atoms with Crippen LogP contribution in [0.3, 0.4) is 0 Å². The molecule has 3 heteroatoms. The van der Waals surface area contributed by atoms with Crippen LogP contribution in [-0.4, -0.2) is 25.8 Å². The number of hydrogen-bond donors (Lipinski definition) is 0. The second-order valence-electron chi connectivity index (χ2n) is 5.18. The molecule has 15 heavy (non-hydrogen) atoms. The van der Waals surface area contributed by atoms with Gasteiger partial charge in [-0.1, -0.05) is 12.5 Å². The maximum Gasteiger partial charge on any atom is 0.1000 e. The van der Waals surface area contributed by atoms with Crippen LogP contribution in [0.25, 0.3) is 0 Å². The third-order valence-electron chi connectivity index (χ3n) is 2.75. The minimum Gasteiger partial charge on any atom is -0.242 e. The average Bonchev–Trinajstić information content (AvgIpc) is 2.17. The van der Waals surface area contributed by atoms with E-state index in [1.165, 1.54) is 12.8 Å². The van der Waals surface area contributed by atoms with E-state index in [1.54, 1.807) is 0 Å². The molecule has 0 N–H and O–H groups in total. The van der Waals surface area contributed by atoms with Crippen molar-refractivity contribution < 1.29 is 4.21 Å². The van der Waals surface area contributed by atoms with Crippen molar-refractivity contribution in [2.75, 3.05) is 6.54 Å². The van der Waals surface area contributed by atoms with Crippen LogP contribution in [0.15, 0.2) is 12.7 Å². The van der Waals surface area contributed by atoms with Gasteiger partial charge in [-0.3, -0.25) is 0 Å². The first-order valence-electron chi connectivity index (χ1n) is 5.76. The summed E-state index contributed by atoms with van der Waals surface area (Å²) in [5.74, 6) is 0. The molecule has 1 rings (SSSR count). The third kappa shape index (κ3) is 3.42. The number of hydrogen-bond acceptors (Lipinski definition) is 1. The summed E-state index contributed by atoms with van der Waals surface area (Å²) in [6.45, 7) is 10.9. The lowest BCUT2D eigenvalue weighted by molar-refractivity contribution is 0.261. The zero-order chi connectivity index (χ0) is 11.5. The molecule has 1 saturated heterocycles. The van der Waals surface area contributed by atoms with Crippen molar-refractivity contribution in [3.05, 3.63) is 12.7 Å². The van der Waals surface area contributed by atoms with Crippen molar-refractivity contribution in [1.82, 2.24) is 4.31 Å². The molecule has 88 valence electrons. The number of nitrogens with zero attached hydrogens (tertiary/aromatic N) is 1. The highest BCUT2D eigenvalue weighted by molar-refractivity contribution is 7.84. The second kappa shape index (κ2) is 5.26. The molecule has 0 amide bonds. The van der Waals surface area contributed by atoms with E-state index < -0.39 is 11.0 Å². The molecule has 0 aromatic carbocycles. The fourth-order valence-corrected chi connectivity index (χ4v) is 3.43. The Morgan fingerprint density at radius 3 is 2.67 bits per heavy atom. The topological polar surface area (TPSA) is 20.3 Å². The van der Waals surface area contributed by atoms with Crippen LogP contribution in [0, 0.1) is 0 Å². The smallest absolute Gasteiger partial charge is 0.1000 e. The summed E-state index contributed by atoms with van der Waals surface area (Å²) in [7, 11) is -0.870. The van der Waals surface area contributed by atoms with E-state index in [9.17, 15) is 4.21 Å². The largest absolute Gasteiger partial charge is 0.242 e. The molecular formula is C12H23NOS. The van der Waals surface area contributed by atoms with Gasteiger partial charge in [-0.25, -0.2) is 8.51 Å². The van der Waals surface area contributed by atoms with Crippen molar-refractivity contribution in [2.45, 2.75) is 57.2 Å². The lowest BCUT2D eigenvalue weighted by atomic mass is 10.0. The molecule has 0 aromatic heterocycles. The van der Waals surface area contributed by atoms with Crippen LogP contribution in [0.5, 0.6) is 0 Å². The van der Waals surface area contributed by atoms with E-state index in [0.29, 0.717) is 6.04 Å². The Labute approximate surface area is 96.3 Å². The standard InChI is InChI=1S/C12H23NOS/c1-5-8-11-9-6-7-10-13(11)15(14)12(2,3)4/h5,11H,1,6-10H2,2-4H3/t11-,15?/m0/s1. The maximum atomic E-state index is 12.3. The molecule has 1 aliphatic rings. The molecule has 1 aliphatic heterocycles. The Balaban J connectivity index is 2.71. The summed E-state index contributed by atoms with van der Waals surface area (Å²) in [5, 5.41) is 0. The van der Waals surface area contributed by atoms with Gasteiger partial charge in [0.2, 0.25) is 0 Å². The predicted molar refractivity (Wildman–Crippen MR) is 67.1 cm³/mol. The summed E-state index contributed by atoms with van der Waals surface area (Å²) in [6.07, 6.45) is 6.50. The monoisotopic (exact) mass is 229 g/mol. The van der Waals surface area contributed by atoms with E-state index in [2.05, 4.69) is 10.9 Å². The first-order chi connectivity index (χ1) is 6.96. The van der Waals surface area contributed by atoms with Crippen molar-refractivity contribution in [1.29, 1.82) is 0 Å². The second-order valence-corrected chi connectivity index (χ2v) is 7.37. The molecule has 1 heterocycles. The van der Waals surface area contributed by atoms with Crippen molar-refractivity contribution in [3.63, 3.8) is 0 Å². The van der Waals surface area contributed by atoms with Crippen molar-refractivity contribution in [3.8, 4) is 0 Å². The van der Waals surface area contributed by atoms with E-state index in [4.69, 9.17) is 0 Å². The van der Waals surface area contributed by atoms with Gasteiger partial charge in [0.1, 0.15) is 0 Å². The molecule has 1 fully saturated rings. The van der Waals surface area contributed by atoms with Gasteiger partial charge in [0.15, 0.2) is 0 Å². The zero-order valence-electron chi connectivity index (χ0n) is 10.2. The average molecular weight is 229 g/mol. The zero-order valence-corrected chi connectivity index (χ0v) is 11.0. The summed E-state index contributed by atoms with van der Waals surface area (Å²) < 4.78 is 14.3. The highest BCUT2D eigenvalue weighted by Crippen LogP contribution is 2.26. The lowest BCUT2D eigenvalue weighted by Crippen LogP contribution is -2.46. The first kappa shape index (κ1) is 12.9. The van der Waals surface area contributed by atoms with Gasteiger partial charge in [0, 0.05) is 12.6 Å². The highest BCUT2D eigenvalue weighted by Gasteiger charge is 2.32. The fourth-order valence-electron chi connectivity index (χ4n) is 1.97. The lowest BCUT2D eigenvalue weighted by Gasteiger charge is -2.37. The van der Waals surface area contributed by atoms with Gasteiger partial charge in [-0.2, -0.15) is 0 Å². The van der Waals surface area contributed by atoms with E-state index >= 15 is 0 Å². The van der Waals surface area contributed by atoms with E-state index in [1.807, 2.05) is 26.8 Å². The summed E-state index contributed by atoms with van der Waals surface area (Å²) in [5.41, 5.74) is 0. The number of piperidine rings is 1. The maximum absolute atomic E-state index is 12.3. The molecule has 0 aromatic rings. The van der Waals surface area contributed by atoms with Crippen molar-refractivity contribution >= 4 is 11.0 Å². The molecule has 0 aliphatic carbocycles. The fraction of sp³-hybridized carbons (Fsp3) is 0.833. The van der Waals surface area contributed by atoms with Crippen LogP contribution in [0.2, 0.25) is 0 Å². The highest BCUT2D eigenvalue weighted by atomic mass is 32.2. The SMILES string of the molecule is C=CC[C@H]1CCCCN1S(=O)C(C)(C)C. The molecule has 2 atom stereocenters. The van der Waals surface area contributed by atoms with Gasteiger partial charge in [0.05, 0.1) is 15.7 Å². The van der Waals surface area contributed by atoms with Gasteiger partial charge >= 0.3 is 0 Å². The Kier molecular flexibility index (Phi) is 4.53. The summed E-state index contributed by atoms with van der Waals surface area (Å²) >= 11 is 0. The molecule has 0 bridgehead atoms. The van der Waals surface area contributed by atoms with E-state index in [0.717, 1.165) is 19.4 Å². The molecule has 0 saturated carbocycles. The van der Waals surface area contributed by atoms with Crippen LogP contribution in [0.4, 0.5) is 0 Å². The Morgan fingerprint density at radius 1 is 1.47 bits per heavy atom.